The standard InChI is InChI=1S/C20H32N4O2/c1-20(2,3)26-19(25)24-11-6-5-9-17(24)16-8-7-10-21-18(16)23-14-12-22(4)13-15-23/h7-8,10,17H,5-6,9,11-15H2,1-4H3. The molecule has 1 atom stereocenters. The first kappa shape index (κ1) is 19.0. The number of anilines is 1. The van der Waals surface area contributed by atoms with E-state index in [2.05, 4.69) is 22.9 Å². The summed E-state index contributed by atoms with van der Waals surface area (Å²) in [7, 11) is 2.15. The third kappa shape index (κ3) is 4.47. The minimum atomic E-state index is -0.478. The van der Waals surface area contributed by atoms with Crippen molar-refractivity contribution in [2.45, 2.75) is 51.7 Å². The second-order valence-electron chi connectivity index (χ2n) is 8.39. The highest BCUT2D eigenvalue weighted by Gasteiger charge is 2.34. The van der Waals surface area contributed by atoms with Gasteiger partial charge in [0.05, 0.1) is 6.04 Å². The van der Waals surface area contributed by atoms with Gasteiger partial charge in [-0.05, 0) is 53.1 Å². The van der Waals surface area contributed by atoms with Crippen LogP contribution in [0.3, 0.4) is 0 Å². The normalized spacial score (nSPS) is 22.4. The van der Waals surface area contributed by atoms with Gasteiger partial charge in [-0.3, -0.25) is 0 Å². The molecule has 1 amide bonds. The number of hydrogen-bond donors (Lipinski definition) is 0. The molecule has 1 aromatic rings. The number of rotatable bonds is 2. The van der Waals surface area contributed by atoms with Crippen molar-refractivity contribution in [3.05, 3.63) is 23.9 Å². The van der Waals surface area contributed by atoms with Crippen LogP contribution in [0.2, 0.25) is 0 Å². The van der Waals surface area contributed by atoms with E-state index >= 15 is 0 Å². The van der Waals surface area contributed by atoms with E-state index in [1.165, 1.54) is 0 Å². The third-order valence-electron chi connectivity index (χ3n) is 5.11. The van der Waals surface area contributed by atoms with Gasteiger partial charge in [-0.1, -0.05) is 6.07 Å². The lowest BCUT2D eigenvalue weighted by molar-refractivity contribution is 0.00953. The average Bonchev–Trinajstić information content (AvgIpc) is 2.61. The van der Waals surface area contributed by atoms with Crippen LogP contribution in [-0.2, 0) is 4.74 Å². The molecule has 26 heavy (non-hydrogen) atoms. The van der Waals surface area contributed by atoms with Gasteiger partial charge in [0.25, 0.3) is 0 Å². The Morgan fingerprint density at radius 3 is 2.58 bits per heavy atom. The molecule has 2 aliphatic heterocycles. The van der Waals surface area contributed by atoms with E-state index in [9.17, 15) is 4.79 Å². The first-order valence-electron chi connectivity index (χ1n) is 9.73. The summed E-state index contributed by atoms with van der Waals surface area (Å²) >= 11 is 0. The summed E-state index contributed by atoms with van der Waals surface area (Å²) in [6, 6.07) is 4.16. The molecule has 0 bridgehead atoms. The van der Waals surface area contributed by atoms with E-state index in [4.69, 9.17) is 9.72 Å². The molecule has 144 valence electrons. The Morgan fingerprint density at radius 2 is 1.88 bits per heavy atom. The number of likely N-dealkylation sites (N-methyl/N-ethyl adjacent to an activating group) is 1. The van der Waals surface area contributed by atoms with Gasteiger partial charge >= 0.3 is 6.09 Å². The molecule has 0 N–H and O–H groups in total. The average molecular weight is 361 g/mol. The Balaban J connectivity index is 1.85. The summed E-state index contributed by atoms with van der Waals surface area (Å²) in [6.07, 6.45) is 4.76. The molecule has 3 heterocycles. The van der Waals surface area contributed by atoms with Crippen LogP contribution in [0.4, 0.5) is 10.6 Å². The molecule has 1 aromatic heterocycles. The highest BCUT2D eigenvalue weighted by Crippen LogP contribution is 2.36. The maximum Gasteiger partial charge on any atom is 0.410 e. The lowest BCUT2D eigenvalue weighted by Crippen LogP contribution is -2.46. The first-order chi connectivity index (χ1) is 12.3. The summed E-state index contributed by atoms with van der Waals surface area (Å²) in [4.78, 5) is 24.1. The fourth-order valence-electron chi connectivity index (χ4n) is 3.75. The van der Waals surface area contributed by atoms with Crippen molar-refractivity contribution < 1.29 is 9.53 Å². The van der Waals surface area contributed by atoms with Crippen LogP contribution < -0.4 is 4.90 Å². The largest absolute Gasteiger partial charge is 0.444 e. The molecular weight excluding hydrogens is 328 g/mol. The van der Waals surface area contributed by atoms with Gasteiger partial charge in [0.15, 0.2) is 0 Å². The maximum atomic E-state index is 12.8. The van der Waals surface area contributed by atoms with Crippen LogP contribution in [0.25, 0.3) is 0 Å². The fourth-order valence-corrected chi connectivity index (χ4v) is 3.75. The van der Waals surface area contributed by atoms with Crippen molar-refractivity contribution in [2.75, 3.05) is 44.7 Å². The van der Waals surface area contributed by atoms with E-state index in [1.54, 1.807) is 0 Å². The zero-order chi connectivity index (χ0) is 18.7. The molecule has 2 fully saturated rings. The molecule has 6 heteroatoms. The van der Waals surface area contributed by atoms with E-state index in [1.807, 2.05) is 37.9 Å². The van der Waals surface area contributed by atoms with E-state index in [0.717, 1.165) is 63.4 Å². The van der Waals surface area contributed by atoms with Gasteiger partial charge in [0.1, 0.15) is 11.4 Å². The van der Waals surface area contributed by atoms with Crippen LogP contribution in [0.15, 0.2) is 18.3 Å². The second kappa shape index (κ2) is 7.82. The maximum absolute atomic E-state index is 12.8. The zero-order valence-corrected chi connectivity index (χ0v) is 16.6. The van der Waals surface area contributed by atoms with Crippen molar-refractivity contribution in [3.63, 3.8) is 0 Å². The van der Waals surface area contributed by atoms with Gasteiger partial charge < -0.3 is 19.4 Å². The Kier molecular flexibility index (Phi) is 5.70. The van der Waals surface area contributed by atoms with E-state index in [0.29, 0.717) is 0 Å². The smallest absolute Gasteiger partial charge is 0.410 e. The van der Waals surface area contributed by atoms with Gasteiger partial charge in [0, 0.05) is 44.5 Å². The number of amides is 1. The van der Waals surface area contributed by atoms with Crippen LogP contribution in [0.5, 0.6) is 0 Å². The summed E-state index contributed by atoms with van der Waals surface area (Å²) in [6.45, 7) is 10.5. The molecule has 0 saturated carbocycles. The predicted molar refractivity (Wildman–Crippen MR) is 103 cm³/mol. The molecule has 2 saturated heterocycles. The fraction of sp³-hybridized carbons (Fsp3) is 0.700. The zero-order valence-electron chi connectivity index (χ0n) is 16.6. The molecule has 6 nitrogen and oxygen atoms in total. The van der Waals surface area contributed by atoms with E-state index in [-0.39, 0.29) is 12.1 Å². The molecule has 1 unspecified atom stereocenters. The van der Waals surface area contributed by atoms with Crippen LogP contribution in [-0.4, -0.2) is 66.2 Å². The molecule has 3 rings (SSSR count). The van der Waals surface area contributed by atoms with Gasteiger partial charge in [-0.15, -0.1) is 0 Å². The Hall–Kier alpha value is -1.82. The van der Waals surface area contributed by atoms with Crippen molar-refractivity contribution >= 4 is 11.9 Å². The number of likely N-dealkylation sites (tertiary alicyclic amines) is 1. The molecule has 0 aliphatic carbocycles. The highest BCUT2D eigenvalue weighted by atomic mass is 16.6. The van der Waals surface area contributed by atoms with Crippen LogP contribution in [0, 0.1) is 0 Å². The van der Waals surface area contributed by atoms with Crippen LogP contribution >= 0.6 is 0 Å². The molecule has 2 aliphatic rings. The number of carbonyl (C=O) groups is 1. The highest BCUT2D eigenvalue weighted by molar-refractivity contribution is 5.69. The molecule has 0 radical (unpaired) electrons. The lowest BCUT2D eigenvalue weighted by Gasteiger charge is -2.40. The number of nitrogens with zero attached hydrogens (tertiary/aromatic N) is 4. The number of aromatic nitrogens is 1. The molecule has 0 aromatic carbocycles. The topological polar surface area (TPSA) is 48.9 Å². The number of pyridine rings is 1. The van der Waals surface area contributed by atoms with Crippen molar-refractivity contribution in [2.24, 2.45) is 0 Å². The Labute approximate surface area is 157 Å². The van der Waals surface area contributed by atoms with Crippen molar-refractivity contribution in [1.82, 2.24) is 14.8 Å². The molecular formula is C20H32N4O2. The van der Waals surface area contributed by atoms with Crippen LogP contribution in [0.1, 0.15) is 51.6 Å². The van der Waals surface area contributed by atoms with Gasteiger partial charge in [-0.25, -0.2) is 9.78 Å². The SMILES string of the molecule is CN1CCN(c2ncccc2C2CCCCN2C(=O)OC(C)(C)C)CC1. The number of ether oxygens (including phenoxy) is 1. The minimum absolute atomic E-state index is 0.0435. The minimum Gasteiger partial charge on any atom is -0.444 e. The summed E-state index contributed by atoms with van der Waals surface area (Å²) in [5.41, 5.74) is 0.677. The van der Waals surface area contributed by atoms with Gasteiger partial charge in [-0.2, -0.15) is 0 Å². The second-order valence-corrected chi connectivity index (χ2v) is 8.39. The monoisotopic (exact) mass is 360 g/mol. The summed E-state index contributed by atoms with van der Waals surface area (Å²) in [5.74, 6) is 1.03. The quantitative estimate of drug-likeness (QED) is 0.810. The van der Waals surface area contributed by atoms with Crippen molar-refractivity contribution in [3.8, 4) is 0 Å². The summed E-state index contributed by atoms with van der Waals surface area (Å²) in [5, 5.41) is 0. The predicted octanol–water partition coefficient (Wildman–Crippen LogP) is 3.30. The number of hydrogen-bond acceptors (Lipinski definition) is 5. The van der Waals surface area contributed by atoms with E-state index < -0.39 is 5.60 Å². The molecule has 0 spiro atoms. The summed E-state index contributed by atoms with van der Waals surface area (Å²) < 4.78 is 5.67. The number of carbonyl (C=O) groups excluding carboxylic acids is 1. The Morgan fingerprint density at radius 1 is 1.15 bits per heavy atom. The van der Waals surface area contributed by atoms with Gasteiger partial charge in [0.2, 0.25) is 0 Å². The lowest BCUT2D eigenvalue weighted by atomic mass is 9.95. The number of piperazine rings is 1. The first-order valence-corrected chi connectivity index (χ1v) is 9.73. The third-order valence-corrected chi connectivity index (χ3v) is 5.11. The number of piperidine rings is 1. The van der Waals surface area contributed by atoms with Crippen molar-refractivity contribution in [1.29, 1.82) is 0 Å². The Bertz CT molecular complexity index is 620.